The highest BCUT2D eigenvalue weighted by Gasteiger charge is 2.05. The Morgan fingerprint density at radius 3 is 2.53 bits per heavy atom. The zero-order chi connectivity index (χ0) is 11.1. The highest BCUT2D eigenvalue weighted by atomic mass is 32.2. The third kappa shape index (κ3) is 4.67. The summed E-state index contributed by atoms with van der Waals surface area (Å²) in [6, 6.07) is 7.23. The fraction of sp³-hybridized carbons (Fsp3) is 0.500. The number of hydrogen-bond donors (Lipinski definition) is 1. The van der Waals surface area contributed by atoms with Gasteiger partial charge in [-0.2, -0.15) is 0 Å². The highest BCUT2D eigenvalue weighted by Crippen LogP contribution is 2.19. The van der Waals surface area contributed by atoms with E-state index in [0.29, 0.717) is 6.04 Å². The van der Waals surface area contributed by atoms with Crippen LogP contribution < -0.4 is 5.32 Å². The maximum Gasteiger partial charge on any atom is 0.123 e. The summed E-state index contributed by atoms with van der Waals surface area (Å²) < 4.78 is 12.7. The molecule has 0 amide bonds. The van der Waals surface area contributed by atoms with E-state index in [1.54, 1.807) is 11.8 Å². The van der Waals surface area contributed by atoms with Gasteiger partial charge in [-0.1, -0.05) is 13.3 Å². The second kappa shape index (κ2) is 6.85. The molecule has 1 atom stereocenters. The third-order valence-electron chi connectivity index (χ3n) is 2.31. The Balaban J connectivity index is 2.38. The number of hydrogen-bond acceptors (Lipinski definition) is 2. The van der Waals surface area contributed by atoms with Crippen molar-refractivity contribution in [3.8, 4) is 0 Å². The first-order valence-corrected chi connectivity index (χ1v) is 6.30. The van der Waals surface area contributed by atoms with Crippen LogP contribution in [0.5, 0.6) is 0 Å². The SMILES string of the molecule is CCCC(CSc1ccc(F)cc1)NC. The molecule has 0 heterocycles. The molecular weight excluding hydrogens is 209 g/mol. The van der Waals surface area contributed by atoms with E-state index in [-0.39, 0.29) is 5.82 Å². The van der Waals surface area contributed by atoms with Crippen LogP contribution in [-0.4, -0.2) is 18.8 Å². The third-order valence-corrected chi connectivity index (χ3v) is 3.48. The molecule has 0 aliphatic rings. The van der Waals surface area contributed by atoms with Gasteiger partial charge in [-0.15, -0.1) is 11.8 Å². The Labute approximate surface area is 95.5 Å². The molecule has 1 nitrogen and oxygen atoms in total. The summed E-state index contributed by atoms with van der Waals surface area (Å²) in [5.74, 6) is 0.869. The Bertz CT molecular complexity index is 273. The lowest BCUT2D eigenvalue weighted by Gasteiger charge is -2.14. The first-order chi connectivity index (χ1) is 7.26. The van der Waals surface area contributed by atoms with E-state index < -0.39 is 0 Å². The quantitative estimate of drug-likeness (QED) is 0.748. The van der Waals surface area contributed by atoms with E-state index in [2.05, 4.69) is 12.2 Å². The molecule has 0 aliphatic carbocycles. The molecule has 1 unspecified atom stereocenters. The smallest absolute Gasteiger partial charge is 0.123 e. The van der Waals surface area contributed by atoms with Crippen LogP contribution in [0.4, 0.5) is 4.39 Å². The molecule has 1 N–H and O–H groups in total. The lowest BCUT2D eigenvalue weighted by molar-refractivity contribution is 0.564. The number of nitrogens with one attached hydrogen (secondary N) is 1. The molecule has 15 heavy (non-hydrogen) atoms. The van der Waals surface area contributed by atoms with Crippen LogP contribution in [0.1, 0.15) is 19.8 Å². The molecule has 0 radical (unpaired) electrons. The largest absolute Gasteiger partial charge is 0.316 e. The summed E-state index contributed by atoms with van der Waals surface area (Å²) in [4.78, 5) is 1.13. The van der Waals surface area contributed by atoms with Crippen molar-refractivity contribution in [1.29, 1.82) is 0 Å². The lowest BCUT2D eigenvalue weighted by Crippen LogP contribution is -2.27. The molecule has 0 bridgehead atoms. The standard InChI is InChI=1S/C12H18FNS/c1-3-4-11(14-2)9-15-12-7-5-10(13)6-8-12/h5-8,11,14H,3-4,9H2,1-2H3. The Morgan fingerprint density at radius 1 is 1.33 bits per heavy atom. The van der Waals surface area contributed by atoms with E-state index in [1.807, 2.05) is 19.2 Å². The van der Waals surface area contributed by atoms with Gasteiger partial charge >= 0.3 is 0 Å². The van der Waals surface area contributed by atoms with Crippen molar-refractivity contribution in [1.82, 2.24) is 5.32 Å². The Morgan fingerprint density at radius 2 is 2.00 bits per heavy atom. The Kier molecular flexibility index (Phi) is 5.73. The minimum atomic E-state index is -0.168. The number of thioether (sulfide) groups is 1. The van der Waals surface area contributed by atoms with Gasteiger partial charge in [-0.3, -0.25) is 0 Å². The summed E-state index contributed by atoms with van der Waals surface area (Å²) in [6.45, 7) is 2.19. The van der Waals surface area contributed by atoms with Crippen molar-refractivity contribution in [3.63, 3.8) is 0 Å². The molecule has 0 aliphatic heterocycles. The maximum atomic E-state index is 12.7. The maximum absolute atomic E-state index is 12.7. The summed E-state index contributed by atoms with van der Waals surface area (Å²) in [6.07, 6.45) is 2.38. The second-order valence-corrected chi connectivity index (χ2v) is 4.63. The van der Waals surface area contributed by atoms with Crippen LogP contribution in [0.15, 0.2) is 29.2 Å². The number of halogens is 1. The van der Waals surface area contributed by atoms with Crippen molar-refractivity contribution in [2.75, 3.05) is 12.8 Å². The summed E-state index contributed by atoms with van der Waals surface area (Å²) in [7, 11) is 1.99. The normalized spacial score (nSPS) is 12.7. The molecule has 0 fully saturated rings. The molecule has 1 aromatic rings. The van der Waals surface area contributed by atoms with Gasteiger partial charge in [0.05, 0.1) is 0 Å². The van der Waals surface area contributed by atoms with Gasteiger partial charge in [-0.05, 0) is 37.7 Å². The van der Waals surface area contributed by atoms with Gasteiger partial charge in [0.25, 0.3) is 0 Å². The van der Waals surface area contributed by atoms with E-state index in [1.165, 1.54) is 25.0 Å². The van der Waals surface area contributed by atoms with Crippen molar-refractivity contribution < 1.29 is 4.39 Å². The minimum Gasteiger partial charge on any atom is -0.316 e. The van der Waals surface area contributed by atoms with E-state index >= 15 is 0 Å². The molecule has 0 saturated heterocycles. The second-order valence-electron chi connectivity index (χ2n) is 3.54. The molecule has 3 heteroatoms. The molecule has 84 valence electrons. The van der Waals surface area contributed by atoms with E-state index in [4.69, 9.17) is 0 Å². The van der Waals surface area contributed by atoms with Gasteiger partial charge in [0.2, 0.25) is 0 Å². The highest BCUT2D eigenvalue weighted by molar-refractivity contribution is 7.99. The predicted molar refractivity (Wildman–Crippen MR) is 64.9 cm³/mol. The van der Waals surface area contributed by atoms with Gasteiger partial charge in [0, 0.05) is 16.7 Å². The van der Waals surface area contributed by atoms with E-state index in [0.717, 1.165) is 10.6 Å². The van der Waals surface area contributed by atoms with Crippen LogP contribution in [-0.2, 0) is 0 Å². The summed E-state index contributed by atoms with van der Waals surface area (Å²) in [5.41, 5.74) is 0. The Hall–Kier alpha value is -0.540. The van der Waals surface area contributed by atoms with Gasteiger partial charge < -0.3 is 5.32 Å². The van der Waals surface area contributed by atoms with Gasteiger partial charge in [0.15, 0.2) is 0 Å². The first kappa shape index (κ1) is 12.5. The first-order valence-electron chi connectivity index (χ1n) is 5.32. The monoisotopic (exact) mass is 227 g/mol. The lowest BCUT2D eigenvalue weighted by atomic mass is 10.2. The van der Waals surface area contributed by atoms with Crippen molar-refractivity contribution >= 4 is 11.8 Å². The van der Waals surface area contributed by atoms with Gasteiger partial charge in [0.1, 0.15) is 5.82 Å². The topological polar surface area (TPSA) is 12.0 Å². The average molecular weight is 227 g/mol. The predicted octanol–water partition coefficient (Wildman–Crippen LogP) is 3.31. The zero-order valence-electron chi connectivity index (χ0n) is 9.29. The average Bonchev–Trinajstić information content (AvgIpc) is 2.26. The molecule has 0 saturated carbocycles. The van der Waals surface area contributed by atoms with Gasteiger partial charge in [-0.25, -0.2) is 4.39 Å². The van der Waals surface area contributed by atoms with Crippen LogP contribution in [0.2, 0.25) is 0 Å². The molecule has 1 rings (SSSR count). The summed E-state index contributed by atoms with van der Waals surface area (Å²) in [5, 5.41) is 3.29. The number of rotatable bonds is 6. The van der Waals surface area contributed by atoms with Crippen LogP contribution in [0.25, 0.3) is 0 Å². The molecule has 1 aromatic carbocycles. The van der Waals surface area contributed by atoms with Crippen molar-refractivity contribution in [3.05, 3.63) is 30.1 Å². The van der Waals surface area contributed by atoms with Crippen LogP contribution in [0, 0.1) is 5.82 Å². The molecule has 0 aromatic heterocycles. The molecule has 0 spiro atoms. The minimum absolute atomic E-state index is 0.168. The van der Waals surface area contributed by atoms with Crippen LogP contribution >= 0.6 is 11.8 Å². The fourth-order valence-electron chi connectivity index (χ4n) is 1.39. The van der Waals surface area contributed by atoms with Crippen molar-refractivity contribution in [2.24, 2.45) is 0 Å². The van der Waals surface area contributed by atoms with Crippen molar-refractivity contribution in [2.45, 2.75) is 30.7 Å². The number of benzene rings is 1. The fourth-order valence-corrected chi connectivity index (χ4v) is 2.44. The molecular formula is C12H18FNS. The van der Waals surface area contributed by atoms with E-state index in [9.17, 15) is 4.39 Å². The summed E-state index contributed by atoms with van der Waals surface area (Å²) >= 11 is 1.77. The zero-order valence-corrected chi connectivity index (χ0v) is 10.1. The van der Waals surface area contributed by atoms with Crippen LogP contribution in [0.3, 0.4) is 0 Å².